The number of halogens is 2. The number of anilines is 1. The zero-order chi connectivity index (χ0) is 13.1. The maximum absolute atomic E-state index is 12.4. The van der Waals surface area contributed by atoms with Gasteiger partial charge in [-0.05, 0) is 19.1 Å². The molecule has 0 saturated carbocycles. The summed E-state index contributed by atoms with van der Waals surface area (Å²) in [5.41, 5.74) is 0.0642. The molecular formula is C10H13F2NO3S. The summed E-state index contributed by atoms with van der Waals surface area (Å²) in [7, 11) is -4.64. The lowest BCUT2D eigenvalue weighted by molar-refractivity contribution is 0.235. The summed E-state index contributed by atoms with van der Waals surface area (Å²) >= 11 is 0. The van der Waals surface area contributed by atoms with Crippen molar-refractivity contribution in [2.24, 2.45) is 0 Å². The Balaban J connectivity index is 3.17. The second-order valence-electron chi connectivity index (χ2n) is 3.53. The fourth-order valence-corrected chi connectivity index (χ4v) is 2.13. The van der Waals surface area contributed by atoms with Crippen molar-refractivity contribution in [3.8, 4) is 0 Å². The molecular weight excluding hydrogens is 252 g/mol. The number of sulfone groups is 1. The maximum Gasteiger partial charge on any atom is 0.341 e. The second-order valence-corrected chi connectivity index (χ2v) is 5.42. The summed E-state index contributed by atoms with van der Waals surface area (Å²) in [5.74, 6) is -3.46. The standard InChI is InChI=1S/C10H13F2NO3S/c1-7(6-14)13-8-4-2-3-5-9(8)17(15,16)10(11)12/h2-5,7,10,13-14H,6H2,1H3. The summed E-state index contributed by atoms with van der Waals surface area (Å²) in [5, 5.41) is 11.5. The van der Waals surface area contributed by atoms with Gasteiger partial charge < -0.3 is 10.4 Å². The van der Waals surface area contributed by atoms with Gasteiger partial charge in [-0.3, -0.25) is 0 Å². The lowest BCUT2D eigenvalue weighted by Gasteiger charge is -2.15. The van der Waals surface area contributed by atoms with Crippen LogP contribution in [0.25, 0.3) is 0 Å². The first-order valence-corrected chi connectivity index (χ1v) is 6.42. The number of aliphatic hydroxyl groups is 1. The van der Waals surface area contributed by atoms with Crippen molar-refractivity contribution in [1.82, 2.24) is 0 Å². The Labute approximate surface area is 98.2 Å². The molecule has 0 aliphatic rings. The van der Waals surface area contributed by atoms with Gasteiger partial charge in [0.25, 0.3) is 0 Å². The third kappa shape index (κ3) is 3.13. The molecule has 0 bridgehead atoms. The summed E-state index contributed by atoms with van der Waals surface area (Å²) in [6.07, 6.45) is 0. The predicted octanol–water partition coefficient (Wildman–Crippen LogP) is 1.48. The molecule has 7 heteroatoms. The molecule has 0 spiro atoms. The fourth-order valence-electron chi connectivity index (χ4n) is 1.24. The molecule has 1 unspecified atom stereocenters. The number of hydrogen-bond acceptors (Lipinski definition) is 4. The molecule has 2 N–H and O–H groups in total. The van der Waals surface area contributed by atoms with E-state index in [1.54, 1.807) is 6.92 Å². The molecule has 0 radical (unpaired) electrons. The highest BCUT2D eigenvalue weighted by Gasteiger charge is 2.29. The smallest absolute Gasteiger partial charge is 0.341 e. The number of benzene rings is 1. The van der Waals surface area contributed by atoms with Crippen molar-refractivity contribution in [2.75, 3.05) is 11.9 Å². The highest BCUT2D eigenvalue weighted by molar-refractivity contribution is 7.91. The van der Waals surface area contributed by atoms with E-state index in [0.717, 1.165) is 6.07 Å². The normalized spacial score (nSPS) is 13.7. The van der Waals surface area contributed by atoms with E-state index in [9.17, 15) is 17.2 Å². The summed E-state index contributed by atoms with van der Waals surface area (Å²) in [6.45, 7) is 1.37. The Morgan fingerprint density at radius 3 is 2.47 bits per heavy atom. The van der Waals surface area contributed by atoms with Crippen molar-refractivity contribution in [1.29, 1.82) is 0 Å². The van der Waals surface area contributed by atoms with E-state index >= 15 is 0 Å². The van der Waals surface area contributed by atoms with Crippen LogP contribution in [0.3, 0.4) is 0 Å². The number of nitrogens with one attached hydrogen (secondary N) is 1. The van der Waals surface area contributed by atoms with Crippen molar-refractivity contribution in [3.63, 3.8) is 0 Å². The molecule has 0 saturated heterocycles. The van der Waals surface area contributed by atoms with Crippen LogP contribution in [0.5, 0.6) is 0 Å². The van der Waals surface area contributed by atoms with Gasteiger partial charge in [0.15, 0.2) is 0 Å². The molecule has 1 atom stereocenters. The number of aliphatic hydroxyl groups excluding tert-OH is 1. The van der Waals surface area contributed by atoms with E-state index in [-0.39, 0.29) is 12.3 Å². The molecule has 0 fully saturated rings. The molecule has 0 aliphatic heterocycles. The Morgan fingerprint density at radius 2 is 1.94 bits per heavy atom. The molecule has 0 heterocycles. The van der Waals surface area contributed by atoms with Gasteiger partial charge in [-0.2, -0.15) is 8.78 Å². The first kappa shape index (κ1) is 13.9. The van der Waals surface area contributed by atoms with Crippen LogP contribution in [0.4, 0.5) is 14.5 Å². The monoisotopic (exact) mass is 265 g/mol. The maximum atomic E-state index is 12.4. The molecule has 1 rings (SSSR count). The van der Waals surface area contributed by atoms with Crippen LogP contribution in [-0.2, 0) is 9.84 Å². The van der Waals surface area contributed by atoms with Crippen LogP contribution in [0.1, 0.15) is 6.92 Å². The number of rotatable bonds is 5. The molecule has 0 amide bonds. The number of para-hydroxylation sites is 1. The van der Waals surface area contributed by atoms with Gasteiger partial charge in [-0.1, -0.05) is 12.1 Å². The minimum absolute atomic E-state index is 0.0642. The summed E-state index contributed by atoms with van der Waals surface area (Å²) in [6, 6.07) is 4.94. The minimum Gasteiger partial charge on any atom is -0.394 e. The Bertz CT molecular complexity index is 476. The summed E-state index contributed by atoms with van der Waals surface area (Å²) in [4.78, 5) is -0.463. The van der Waals surface area contributed by atoms with Crippen LogP contribution < -0.4 is 5.32 Å². The molecule has 0 aromatic heterocycles. The van der Waals surface area contributed by atoms with Gasteiger partial charge in [0.05, 0.1) is 17.2 Å². The first-order valence-electron chi connectivity index (χ1n) is 4.88. The van der Waals surface area contributed by atoms with E-state index in [2.05, 4.69) is 5.32 Å². The molecule has 17 heavy (non-hydrogen) atoms. The molecule has 1 aromatic rings. The predicted molar refractivity (Wildman–Crippen MR) is 59.8 cm³/mol. The van der Waals surface area contributed by atoms with Gasteiger partial charge in [-0.15, -0.1) is 0 Å². The van der Waals surface area contributed by atoms with E-state index in [1.807, 2.05) is 0 Å². The van der Waals surface area contributed by atoms with Gasteiger partial charge >= 0.3 is 5.76 Å². The topological polar surface area (TPSA) is 66.4 Å². The first-order chi connectivity index (χ1) is 7.89. The molecule has 0 aliphatic carbocycles. The average Bonchev–Trinajstić information content (AvgIpc) is 2.29. The van der Waals surface area contributed by atoms with Crippen LogP contribution in [-0.4, -0.2) is 31.9 Å². The Morgan fingerprint density at radius 1 is 1.35 bits per heavy atom. The summed E-state index contributed by atoms with van der Waals surface area (Å²) < 4.78 is 47.6. The molecule has 96 valence electrons. The Kier molecular flexibility index (Phi) is 4.41. The Hall–Kier alpha value is -1.21. The minimum atomic E-state index is -4.64. The SMILES string of the molecule is CC(CO)Nc1ccccc1S(=O)(=O)C(F)F. The second kappa shape index (κ2) is 5.42. The highest BCUT2D eigenvalue weighted by atomic mass is 32.2. The largest absolute Gasteiger partial charge is 0.394 e. The van der Waals surface area contributed by atoms with Gasteiger partial charge in [0.2, 0.25) is 9.84 Å². The highest BCUT2D eigenvalue weighted by Crippen LogP contribution is 2.26. The van der Waals surface area contributed by atoms with Crippen LogP contribution >= 0.6 is 0 Å². The van der Waals surface area contributed by atoms with Crippen molar-refractivity contribution < 1.29 is 22.3 Å². The van der Waals surface area contributed by atoms with E-state index < -0.39 is 26.5 Å². The van der Waals surface area contributed by atoms with Gasteiger partial charge in [0, 0.05) is 6.04 Å². The molecule has 1 aromatic carbocycles. The van der Waals surface area contributed by atoms with Crippen LogP contribution in [0, 0.1) is 0 Å². The van der Waals surface area contributed by atoms with Crippen molar-refractivity contribution in [3.05, 3.63) is 24.3 Å². The van der Waals surface area contributed by atoms with Crippen LogP contribution in [0.15, 0.2) is 29.2 Å². The third-order valence-corrected chi connectivity index (χ3v) is 3.54. The quantitative estimate of drug-likeness (QED) is 0.846. The fraction of sp³-hybridized carbons (Fsp3) is 0.400. The lowest BCUT2D eigenvalue weighted by Crippen LogP contribution is -2.22. The van der Waals surface area contributed by atoms with Gasteiger partial charge in [-0.25, -0.2) is 8.42 Å². The zero-order valence-electron chi connectivity index (χ0n) is 9.10. The van der Waals surface area contributed by atoms with E-state index in [1.165, 1.54) is 18.2 Å². The van der Waals surface area contributed by atoms with E-state index in [0.29, 0.717) is 0 Å². The average molecular weight is 265 g/mol. The number of alkyl halides is 2. The third-order valence-electron chi connectivity index (χ3n) is 2.10. The van der Waals surface area contributed by atoms with Crippen molar-refractivity contribution in [2.45, 2.75) is 23.6 Å². The van der Waals surface area contributed by atoms with Crippen LogP contribution in [0.2, 0.25) is 0 Å². The lowest BCUT2D eigenvalue weighted by atomic mass is 10.3. The zero-order valence-corrected chi connectivity index (χ0v) is 9.92. The van der Waals surface area contributed by atoms with E-state index in [4.69, 9.17) is 5.11 Å². The van der Waals surface area contributed by atoms with Gasteiger partial charge in [0.1, 0.15) is 0 Å². The molecule has 4 nitrogen and oxygen atoms in total. The van der Waals surface area contributed by atoms with Crippen molar-refractivity contribution >= 4 is 15.5 Å². The number of hydrogen-bond donors (Lipinski definition) is 2.